The quantitative estimate of drug-likeness (QED) is 0.811. The van der Waals surface area contributed by atoms with E-state index in [9.17, 15) is 13.2 Å². The van der Waals surface area contributed by atoms with Crippen LogP contribution in [-0.4, -0.2) is 33.7 Å². The van der Waals surface area contributed by atoms with Crippen LogP contribution < -0.4 is 14.4 Å². The van der Waals surface area contributed by atoms with Crippen molar-refractivity contribution in [2.45, 2.75) is 19.9 Å². The van der Waals surface area contributed by atoms with Crippen LogP contribution in [0.25, 0.3) is 0 Å². The van der Waals surface area contributed by atoms with E-state index in [1.54, 1.807) is 36.4 Å². The van der Waals surface area contributed by atoms with Crippen molar-refractivity contribution in [2.75, 3.05) is 23.0 Å². The Morgan fingerprint density at radius 3 is 2.35 bits per heavy atom. The SMILES string of the molecule is COc1ccc(C)cc1NC(=O)[C@@H](C)N(c1ccc(Cl)cc1)S(C)(=O)=O. The molecule has 0 radical (unpaired) electrons. The van der Waals surface area contributed by atoms with E-state index in [1.165, 1.54) is 14.0 Å². The van der Waals surface area contributed by atoms with E-state index in [4.69, 9.17) is 16.3 Å². The maximum absolute atomic E-state index is 12.7. The van der Waals surface area contributed by atoms with E-state index < -0.39 is 22.0 Å². The molecule has 1 N–H and O–H groups in total. The predicted octanol–water partition coefficient (Wildman–Crippen LogP) is 3.45. The number of amides is 1. The van der Waals surface area contributed by atoms with Gasteiger partial charge in [-0.3, -0.25) is 9.10 Å². The number of halogens is 1. The van der Waals surface area contributed by atoms with Gasteiger partial charge in [0.1, 0.15) is 11.8 Å². The van der Waals surface area contributed by atoms with Crippen LogP contribution in [-0.2, 0) is 14.8 Å². The Balaban J connectivity index is 2.34. The summed E-state index contributed by atoms with van der Waals surface area (Å²) in [5.74, 6) is 0.0165. The summed E-state index contributed by atoms with van der Waals surface area (Å²) in [5.41, 5.74) is 1.77. The van der Waals surface area contributed by atoms with Crippen molar-refractivity contribution >= 4 is 38.9 Å². The van der Waals surface area contributed by atoms with Crippen LogP contribution in [0.4, 0.5) is 11.4 Å². The zero-order valence-corrected chi connectivity index (χ0v) is 16.6. The van der Waals surface area contributed by atoms with E-state index in [1.807, 2.05) is 13.0 Å². The molecule has 0 aliphatic heterocycles. The second-order valence-corrected chi connectivity index (χ2v) is 8.20. The molecule has 0 aliphatic carbocycles. The van der Waals surface area contributed by atoms with Crippen LogP contribution in [0.3, 0.4) is 0 Å². The fourth-order valence-corrected chi connectivity index (χ4v) is 3.85. The lowest BCUT2D eigenvalue weighted by atomic mass is 10.2. The number of nitrogens with zero attached hydrogens (tertiary/aromatic N) is 1. The summed E-state index contributed by atoms with van der Waals surface area (Å²) >= 11 is 5.87. The number of sulfonamides is 1. The zero-order valence-electron chi connectivity index (χ0n) is 15.0. The smallest absolute Gasteiger partial charge is 0.248 e. The lowest BCUT2D eigenvalue weighted by Gasteiger charge is -2.28. The summed E-state index contributed by atoms with van der Waals surface area (Å²) in [6.45, 7) is 3.41. The molecule has 26 heavy (non-hydrogen) atoms. The molecule has 0 unspecified atom stereocenters. The number of carbonyl (C=O) groups excluding carboxylic acids is 1. The molecule has 2 aromatic rings. The molecule has 0 spiro atoms. The van der Waals surface area contributed by atoms with Gasteiger partial charge in [-0.1, -0.05) is 17.7 Å². The third kappa shape index (κ3) is 4.68. The topological polar surface area (TPSA) is 75.7 Å². The Hall–Kier alpha value is -2.25. The summed E-state index contributed by atoms with van der Waals surface area (Å²) in [6.07, 6.45) is 1.05. The minimum absolute atomic E-state index is 0.357. The number of carbonyl (C=O) groups is 1. The molecule has 1 amide bonds. The summed E-state index contributed by atoms with van der Waals surface area (Å²) in [6, 6.07) is 10.6. The summed E-state index contributed by atoms with van der Waals surface area (Å²) in [5, 5.41) is 3.22. The average molecular weight is 397 g/mol. The maximum Gasteiger partial charge on any atom is 0.248 e. The molecule has 0 saturated heterocycles. The fraction of sp³-hybridized carbons (Fsp3) is 0.278. The third-order valence-electron chi connectivity index (χ3n) is 3.78. The van der Waals surface area contributed by atoms with Crippen molar-refractivity contribution in [1.82, 2.24) is 0 Å². The lowest BCUT2D eigenvalue weighted by Crippen LogP contribution is -2.45. The Morgan fingerprint density at radius 1 is 1.19 bits per heavy atom. The van der Waals surface area contributed by atoms with Gasteiger partial charge in [0, 0.05) is 5.02 Å². The first-order valence-corrected chi connectivity index (χ1v) is 10.1. The molecule has 8 heteroatoms. The first-order chi connectivity index (χ1) is 12.1. The van der Waals surface area contributed by atoms with Crippen LogP contribution >= 0.6 is 11.6 Å². The van der Waals surface area contributed by atoms with Crippen molar-refractivity contribution in [1.29, 1.82) is 0 Å². The van der Waals surface area contributed by atoms with Crippen molar-refractivity contribution in [3.63, 3.8) is 0 Å². The van der Waals surface area contributed by atoms with Crippen LogP contribution in [0.2, 0.25) is 5.02 Å². The summed E-state index contributed by atoms with van der Waals surface area (Å²) in [4.78, 5) is 12.7. The van der Waals surface area contributed by atoms with E-state index in [0.717, 1.165) is 16.1 Å². The van der Waals surface area contributed by atoms with Gasteiger partial charge in [-0.05, 0) is 55.8 Å². The molecule has 0 bridgehead atoms. The second-order valence-electron chi connectivity index (χ2n) is 5.90. The van der Waals surface area contributed by atoms with E-state index in [2.05, 4.69) is 5.32 Å². The third-order valence-corrected chi connectivity index (χ3v) is 5.28. The highest BCUT2D eigenvalue weighted by Crippen LogP contribution is 2.27. The van der Waals surface area contributed by atoms with Gasteiger partial charge in [0.25, 0.3) is 0 Å². The van der Waals surface area contributed by atoms with Gasteiger partial charge in [-0.2, -0.15) is 0 Å². The molecule has 2 aromatic carbocycles. The molecule has 0 aromatic heterocycles. The molecule has 1 atom stereocenters. The predicted molar refractivity (Wildman–Crippen MR) is 105 cm³/mol. The monoisotopic (exact) mass is 396 g/mol. The van der Waals surface area contributed by atoms with Crippen LogP contribution in [0.5, 0.6) is 5.75 Å². The van der Waals surface area contributed by atoms with Gasteiger partial charge in [0.05, 0.1) is 24.7 Å². The van der Waals surface area contributed by atoms with Gasteiger partial charge in [0.15, 0.2) is 0 Å². The van der Waals surface area contributed by atoms with Gasteiger partial charge in [-0.15, -0.1) is 0 Å². The van der Waals surface area contributed by atoms with Gasteiger partial charge in [0.2, 0.25) is 15.9 Å². The highest BCUT2D eigenvalue weighted by molar-refractivity contribution is 7.92. The molecule has 0 saturated carbocycles. The van der Waals surface area contributed by atoms with Gasteiger partial charge >= 0.3 is 0 Å². The number of rotatable bonds is 6. The number of nitrogens with one attached hydrogen (secondary N) is 1. The van der Waals surface area contributed by atoms with Crippen molar-refractivity contribution in [3.05, 3.63) is 53.1 Å². The molecule has 2 rings (SSSR count). The molecular weight excluding hydrogens is 376 g/mol. The zero-order chi connectivity index (χ0) is 19.5. The van der Waals surface area contributed by atoms with Crippen molar-refractivity contribution < 1.29 is 17.9 Å². The number of aryl methyl sites for hydroxylation is 1. The van der Waals surface area contributed by atoms with Crippen LogP contribution in [0, 0.1) is 6.92 Å². The number of hydrogen-bond acceptors (Lipinski definition) is 4. The van der Waals surface area contributed by atoms with Gasteiger partial charge < -0.3 is 10.1 Å². The first kappa shape index (κ1) is 20.1. The minimum Gasteiger partial charge on any atom is -0.495 e. The molecule has 140 valence electrons. The lowest BCUT2D eigenvalue weighted by molar-refractivity contribution is -0.116. The summed E-state index contributed by atoms with van der Waals surface area (Å²) < 4.78 is 30.9. The van der Waals surface area contributed by atoms with Crippen LogP contribution in [0.15, 0.2) is 42.5 Å². The fourth-order valence-electron chi connectivity index (χ4n) is 2.55. The van der Waals surface area contributed by atoms with Gasteiger partial charge in [-0.25, -0.2) is 8.42 Å². The maximum atomic E-state index is 12.7. The highest BCUT2D eigenvalue weighted by Gasteiger charge is 2.29. The normalized spacial score (nSPS) is 12.3. The highest BCUT2D eigenvalue weighted by atomic mass is 35.5. The second kappa shape index (κ2) is 7.97. The number of hydrogen-bond donors (Lipinski definition) is 1. The Morgan fingerprint density at radius 2 is 1.81 bits per heavy atom. The standard InChI is InChI=1S/C18H21ClN2O4S/c1-12-5-10-17(25-3)16(11-12)20-18(22)13(2)21(26(4,23)24)15-8-6-14(19)7-9-15/h5-11,13H,1-4H3,(H,20,22)/t13-/m1/s1. The summed E-state index contributed by atoms with van der Waals surface area (Å²) in [7, 11) is -2.19. The largest absolute Gasteiger partial charge is 0.495 e. The first-order valence-electron chi connectivity index (χ1n) is 7.84. The molecular formula is C18H21ClN2O4S. The Bertz CT molecular complexity index is 898. The Labute approximate surface area is 158 Å². The molecule has 0 heterocycles. The number of anilines is 2. The minimum atomic E-state index is -3.69. The number of benzene rings is 2. The van der Waals surface area contributed by atoms with Crippen molar-refractivity contribution in [2.24, 2.45) is 0 Å². The van der Waals surface area contributed by atoms with Crippen molar-refractivity contribution in [3.8, 4) is 5.75 Å². The van der Waals surface area contributed by atoms with E-state index >= 15 is 0 Å². The van der Waals surface area contributed by atoms with Crippen LogP contribution in [0.1, 0.15) is 12.5 Å². The molecule has 0 aliphatic rings. The van der Waals surface area contributed by atoms with E-state index in [-0.39, 0.29) is 0 Å². The molecule has 0 fully saturated rings. The number of methoxy groups -OCH3 is 1. The average Bonchev–Trinajstić information content (AvgIpc) is 2.55. The number of ether oxygens (including phenoxy) is 1. The van der Waals surface area contributed by atoms with E-state index in [0.29, 0.717) is 22.1 Å². The Kier molecular flexibility index (Phi) is 6.15. The molecule has 6 nitrogen and oxygen atoms in total.